The molecule has 0 radical (unpaired) electrons. The van der Waals surface area contributed by atoms with E-state index in [9.17, 15) is 0 Å². The van der Waals surface area contributed by atoms with E-state index < -0.39 is 0 Å². The van der Waals surface area contributed by atoms with Crippen LogP contribution in [0.2, 0.25) is 5.02 Å². The maximum atomic E-state index is 5.96. The number of hydrazone groups is 1. The first-order valence-corrected chi connectivity index (χ1v) is 6.70. The quantitative estimate of drug-likeness (QED) is 0.506. The van der Waals surface area contributed by atoms with Crippen LogP contribution < -0.4 is 10.7 Å². The van der Waals surface area contributed by atoms with Gasteiger partial charge in [0.2, 0.25) is 0 Å². The molecule has 0 aliphatic rings. The van der Waals surface area contributed by atoms with Gasteiger partial charge in [0.05, 0.1) is 5.71 Å². The van der Waals surface area contributed by atoms with Gasteiger partial charge in [0, 0.05) is 11.1 Å². The van der Waals surface area contributed by atoms with Crippen molar-refractivity contribution in [2.24, 2.45) is 5.10 Å². The van der Waals surface area contributed by atoms with Gasteiger partial charge in [0.25, 0.3) is 0 Å². The summed E-state index contributed by atoms with van der Waals surface area (Å²) in [6.45, 7) is 6.09. The first kappa shape index (κ1) is 14.9. The van der Waals surface area contributed by atoms with E-state index in [1.165, 1.54) is 0 Å². The Hall–Kier alpha value is -1.13. The van der Waals surface area contributed by atoms with Gasteiger partial charge < -0.3 is 5.32 Å². The summed E-state index contributed by atoms with van der Waals surface area (Å²) in [6, 6.07) is 7.92. The summed E-state index contributed by atoms with van der Waals surface area (Å²) in [4.78, 5) is 0. The van der Waals surface area contributed by atoms with Crippen molar-refractivity contribution in [2.45, 2.75) is 33.2 Å². The second-order valence-corrected chi connectivity index (χ2v) is 5.01. The molecule has 0 spiro atoms. The fraction of sp³-hybridized carbons (Fsp3) is 0.385. The molecule has 0 heterocycles. The Bertz CT molecular complexity index is 444. The molecule has 0 unspecified atom stereocenters. The number of hydrogen-bond acceptors (Lipinski definition) is 2. The van der Waals surface area contributed by atoms with Gasteiger partial charge in [-0.1, -0.05) is 30.7 Å². The minimum atomic E-state index is 0.288. The molecule has 5 heteroatoms. The Morgan fingerprint density at radius 1 is 1.44 bits per heavy atom. The molecule has 0 saturated carbocycles. The van der Waals surface area contributed by atoms with Gasteiger partial charge in [-0.2, -0.15) is 5.10 Å². The molecule has 0 amide bonds. The number of rotatable bonds is 4. The van der Waals surface area contributed by atoms with Crippen molar-refractivity contribution in [2.75, 3.05) is 0 Å². The predicted molar refractivity (Wildman–Crippen MR) is 82.3 cm³/mol. The number of nitrogens with one attached hydrogen (secondary N) is 2. The number of benzene rings is 1. The van der Waals surface area contributed by atoms with Crippen molar-refractivity contribution in [3.05, 3.63) is 34.9 Å². The van der Waals surface area contributed by atoms with Crippen LogP contribution >= 0.6 is 23.8 Å². The van der Waals surface area contributed by atoms with Crippen molar-refractivity contribution in [3.63, 3.8) is 0 Å². The number of nitrogens with zero attached hydrogens (tertiary/aromatic N) is 1. The predicted octanol–water partition coefficient (Wildman–Crippen LogP) is 3.33. The molecule has 0 saturated heterocycles. The van der Waals surface area contributed by atoms with E-state index in [1.807, 2.05) is 45.0 Å². The number of thiocarbonyl (C=S) groups is 1. The number of halogens is 1. The van der Waals surface area contributed by atoms with Gasteiger partial charge in [-0.15, -0.1) is 0 Å². The molecular formula is C13H18ClN3S. The second-order valence-electron chi connectivity index (χ2n) is 4.16. The SMILES string of the molecule is CC/C(=N\NC(=S)NC(C)C)c1cccc(Cl)c1. The van der Waals surface area contributed by atoms with Gasteiger partial charge in [0.1, 0.15) is 0 Å². The summed E-state index contributed by atoms with van der Waals surface area (Å²) in [5.41, 5.74) is 4.77. The third-order valence-corrected chi connectivity index (χ3v) is 2.65. The van der Waals surface area contributed by atoms with Crippen molar-refractivity contribution < 1.29 is 0 Å². The van der Waals surface area contributed by atoms with Crippen molar-refractivity contribution in [1.29, 1.82) is 0 Å². The van der Waals surface area contributed by atoms with E-state index in [4.69, 9.17) is 23.8 Å². The molecule has 0 aliphatic carbocycles. The smallest absolute Gasteiger partial charge is 0.187 e. The third-order valence-electron chi connectivity index (χ3n) is 2.20. The Labute approximate surface area is 119 Å². The van der Waals surface area contributed by atoms with Crippen LogP contribution in [0.3, 0.4) is 0 Å². The second kappa shape index (κ2) is 7.34. The van der Waals surface area contributed by atoms with Gasteiger partial charge in [-0.25, -0.2) is 0 Å². The molecule has 1 rings (SSSR count). The Morgan fingerprint density at radius 2 is 2.17 bits per heavy atom. The minimum Gasteiger partial charge on any atom is -0.359 e. The van der Waals surface area contributed by atoms with Gasteiger partial charge in [-0.3, -0.25) is 5.43 Å². The Balaban J connectivity index is 2.74. The van der Waals surface area contributed by atoms with E-state index in [-0.39, 0.29) is 6.04 Å². The molecule has 2 N–H and O–H groups in total. The van der Waals surface area contributed by atoms with Crippen LogP contribution in [0.5, 0.6) is 0 Å². The molecule has 0 atom stereocenters. The van der Waals surface area contributed by atoms with Crippen LogP contribution in [-0.4, -0.2) is 16.9 Å². The zero-order valence-corrected chi connectivity index (χ0v) is 12.4. The zero-order chi connectivity index (χ0) is 13.5. The van der Waals surface area contributed by atoms with Gasteiger partial charge >= 0.3 is 0 Å². The zero-order valence-electron chi connectivity index (χ0n) is 10.8. The monoisotopic (exact) mass is 283 g/mol. The average Bonchev–Trinajstić information content (AvgIpc) is 2.29. The lowest BCUT2D eigenvalue weighted by molar-refractivity contribution is 0.719. The summed E-state index contributed by atoms with van der Waals surface area (Å²) in [5.74, 6) is 0. The molecule has 0 bridgehead atoms. The number of hydrogen-bond donors (Lipinski definition) is 2. The third kappa shape index (κ3) is 5.02. The molecule has 0 aromatic heterocycles. The van der Waals surface area contributed by atoms with Gasteiger partial charge in [0.15, 0.2) is 5.11 Å². The fourth-order valence-electron chi connectivity index (χ4n) is 1.43. The van der Waals surface area contributed by atoms with E-state index >= 15 is 0 Å². The summed E-state index contributed by atoms with van der Waals surface area (Å²) >= 11 is 11.1. The lowest BCUT2D eigenvalue weighted by Gasteiger charge is -2.11. The molecular weight excluding hydrogens is 266 g/mol. The van der Waals surface area contributed by atoms with Crippen molar-refractivity contribution >= 4 is 34.6 Å². The highest BCUT2D eigenvalue weighted by atomic mass is 35.5. The van der Waals surface area contributed by atoms with E-state index in [0.29, 0.717) is 10.1 Å². The lowest BCUT2D eigenvalue weighted by atomic mass is 10.1. The molecule has 1 aromatic carbocycles. The van der Waals surface area contributed by atoms with Crippen molar-refractivity contribution in [1.82, 2.24) is 10.7 Å². The molecule has 3 nitrogen and oxygen atoms in total. The lowest BCUT2D eigenvalue weighted by Crippen LogP contribution is -2.37. The fourth-order valence-corrected chi connectivity index (χ4v) is 1.90. The van der Waals surface area contributed by atoms with E-state index in [2.05, 4.69) is 15.8 Å². The van der Waals surface area contributed by atoms with Crippen LogP contribution in [0.4, 0.5) is 0 Å². The summed E-state index contributed by atoms with van der Waals surface area (Å²) < 4.78 is 0. The van der Waals surface area contributed by atoms with E-state index in [1.54, 1.807) is 0 Å². The van der Waals surface area contributed by atoms with Gasteiger partial charge in [-0.05, 0) is 50.2 Å². The summed E-state index contributed by atoms with van der Waals surface area (Å²) in [5, 5.41) is 8.61. The normalized spacial score (nSPS) is 11.5. The van der Waals surface area contributed by atoms with Crippen molar-refractivity contribution in [3.8, 4) is 0 Å². The van der Waals surface area contributed by atoms with Crippen LogP contribution in [0.15, 0.2) is 29.4 Å². The maximum absolute atomic E-state index is 5.96. The topological polar surface area (TPSA) is 36.4 Å². The van der Waals surface area contributed by atoms with Crippen LogP contribution in [-0.2, 0) is 0 Å². The highest BCUT2D eigenvalue weighted by molar-refractivity contribution is 7.80. The standard InChI is InChI=1S/C13H18ClN3S/c1-4-12(10-6-5-7-11(14)8-10)16-17-13(18)15-9(2)3/h5-9H,4H2,1-3H3,(H2,15,17,18)/b16-12+. The van der Waals surface area contributed by atoms with Crippen LogP contribution in [0.1, 0.15) is 32.8 Å². The van der Waals surface area contributed by atoms with Crippen LogP contribution in [0, 0.1) is 0 Å². The first-order valence-electron chi connectivity index (χ1n) is 5.92. The highest BCUT2D eigenvalue weighted by Crippen LogP contribution is 2.12. The summed E-state index contributed by atoms with van der Waals surface area (Å²) in [7, 11) is 0. The average molecular weight is 284 g/mol. The highest BCUT2D eigenvalue weighted by Gasteiger charge is 2.03. The Morgan fingerprint density at radius 3 is 2.72 bits per heavy atom. The minimum absolute atomic E-state index is 0.288. The molecule has 0 aliphatic heterocycles. The Kier molecular flexibility index (Phi) is 6.09. The molecule has 98 valence electrons. The first-order chi connectivity index (χ1) is 8.52. The molecule has 18 heavy (non-hydrogen) atoms. The van der Waals surface area contributed by atoms with E-state index in [0.717, 1.165) is 17.7 Å². The summed E-state index contributed by atoms with van der Waals surface area (Å²) in [6.07, 6.45) is 0.803. The molecule has 0 fully saturated rings. The largest absolute Gasteiger partial charge is 0.359 e. The molecule has 1 aromatic rings. The maximum Gasteiger partial charge on any atom is 0.187 e. The van der Waals surface area contributed by atoms with Crippen LogP contribution in [0.25, 0.3) is 0 Å².